The van der Waals surface area contributed by atoms with E-state index in [0.717, 1.165) is 0 Å². The van der Waals surface area contributed by atoms with Crippen molar-refractivity contribution in [1.29, 1.82) is 0 Å². The molecule has 0 aromatic rings. The molecule has 13 heavy (non-hydrogen) atoms. The monoisotopic (exact) mass is 191 g/mol. The Morgan fingerprint density at radius 3 is 2.62 bits per heavy atom. The fourth-order valence-electron chi connectivity index (χ4n) is 0.730. The van der Waals surface area contributed by atoms with Crippen molar-refractivity contribution in [2.45, 2.75) is 25.5 Å². The minimum absolute atomic E-state index is 0.0444. The number of aliphatic hydroxyl groups excluding tert-OH is 1. The second-order valence-corrected chi connectivity index (χ2v) is 3.23. The highest BCUT2D eigenvalue weighted by Crippen LogP contribution is 2.03. The number of methoxy groups -OCH3 is 1. The summed E-state index contributed by atoms with van der Waals surface area (Å²) in [7, 11) is 1.21. The summed E-state index contributed by atoms with van der Waals surface area (Å²) in [6.07, 6.45) is 0. The largest absolute Gasteiger partial charge is 0.467 e. The first-order chi connectivity index (χ1) is 5.94. The van der Waals surface area contributed by atoms with E-state index in [1.807, 2.05) is 0 Å². The summed E-state index contributed by atoms with van der Waals surface area (Å²) >= 11 is 0. The smallest absolute Gasteiger partial charge is 0.338 e. The first-order valence-corrected chi connectivity index (χ1v) is 4.09. The number of hydrogen-bond donors (Lipinski definition) is 3. The Bertz CT molecular complexity index is 170. The second kappa shape index (κ2) is 5.16. The van der Waals surface area contributed by atoms with Gasteiger partial charge in [-0.1, -0.05) is 0 Å². The molecular weight excluding hydrogens is 174 g/mol. The zero-order valence-electron chi connectivity index (χ0n) is 8.20. The van der Waals surface area contributed by atoms with Gasteiger partial charge in [-0.3, -0.25) is 0 Å². The molecule has 0 bridgehead atoms. The lowest BCUT2D eigenvalue weighted by Gasteiger charge is -2.22. The van der Waals surface area contributed by atoms with Crippen molar-refractivity contribution in [2.75, 3.05) is 20.3 Å². The maximum atomic E-state index is 11.0. The molecule has 0 fully saturated rings. The highest BCUT2D eigenvalue weighted by atomic mass is 16.5. The first-order valence-electron chi connectivity index (χ1n) is 4.09. The Morgan fingerprint density at radius 1 is 1.69 bits per heavy atom. The Hall–Kier alpha value is -0.650. The SMILES string of the molecule is COC(=O)C(C)(O)CNC(C)CO. The van der Waals surface area contributed by atoms with Crippen molar-refractivity contribution in [2.24, 2.45) is 0 Å². The van der Waals surface area contributed by atoms with Crippen LogP contribution >= 0.6 is 0 Å². The van der Waals surface area contributed by atoms with Gasteiger partial charge in [0.25, 0.3) is 0 Å². The zero-order chi connectivity index (χ0) is 10.5. The van der Waals surface area contributed by atoms with Gasteiger partial charge in [-0.25, -0.2) is 4.79 Å². The molecule has 0 aliphatic heterocycles. The molecule has 3 N–H and O–H groups in total. The van der Waals surface area contributed by atoms with Crippen molar-refractivity contribution in [1.82, 2.24) is 5.32 Å². The van der Waals surface area contributed by atoms with Crippen LogP contribution in [0.1, 0.15) is 13.8 Å². The van der Waals surface area contributed by atoms with Crippen LogP contribution in [0.4, 0.5) is 0 Å². The molecular formula is C8H17NO4. The summed E-state index contributed by atoms with van der Waals surface area (Å²) < 4.78 is 4.39. The van der Waals surface area contributed by atoms with E-state index in [2.05, 4.69) is 10.1 Å². The van der Waals surface area contributed by atoms with Gasteiger partial charge in [-0.2, -0.15) is 0 Å². The minimum atomic E-state index is -1.54. The van der Waals surface area contributed by atoms with E-state index in [1.54, 1.807) is 6.92 Å². The fourth-order valence-corrected chi connectivity index (χ4v) is 0.730. The van der Waals surface area contributed by atoms with Crippen LogP contribution in [0.5, 0.6) is 0 Å². The molecule has 5 nitrogen and oxygen atoms in total. The van der Waals surface area contributed by atoms with Gasteiger partial charge in [0.05, 0.1) is 13.7 Å². The van der Waals surface area contributed by atoms with Crippen molar-refractivity contribution in [3.63, 3.8) is 0 Å². The molecule has 0 saturated heterocycles. The molecule has 0 spiro atoms. The van der Waals surface area contributed by atoms with Gasteiger partial charge in [0.15, 0.2) is 5.60 Å². The van der Waals surface area contributed by atoms with Crippen LogP contribution in [0.2, 0.25) is 0 Å². The van der Waals surface area contributed by atoms with E-state index >= 15 is 0 Å². The summed E-state index contributed by atoms with van der Waals surface area (Å²) in [4.78, 5) is 11.0. The summed E-state index contributed by atoms with van der Waals surface area (Å²) in [5.74, 6) is -0.690. The van der Waals surface area contributed by atoms with Crippen LogP contribution in [0.25, 0.3) is 0 Å². The van der Waals surface area contributed by atoms with E-state index in [-0.39, 0.29) is 19.2 Å². The molecule has 0 aromatic heterocycles. The predicted octanol–water partition coefficient (Wildman–Crippen LogP) is -1.12. The summed E-state index contributed by atoms with van der Waals surface area (Å²) in [5, 5.41) is 21.0. The minimum Gasteiger partial charge on any atom is -0.467 e. The second-order valence-electron chi connectivity index (χ2n) is 3.23. The van der Waals surface area contributed by atoms with Gasteiger partial charge in [0.1, 0.15) is 0 Å². The molecule has 2 atom stereocenters. The lowest BCUT2D eigenvalue weighted by atomic mass is 10.1. The molecule has 0 aromatic carbocycles. The standard InChI is InChI=1S/C8H17NO4/c1-6(4-10)9-5-8(2,12)7(11)13-3/h6,9-10,12H,4-5H2,1-3H3. The highest BCUT2D eigenvalue weighted by Gasteiger charge is 2.31. The predicted molar refractivity (Wildman–Crippen MR) is 47.2 cm³/mol. The third-order valence-corrected chi connectivity index (χ3v) is 1.69. The van der Waals surface area contributed by atoms with Crippen molar-refractivity contribution in [3.8, 4) is 0 Å². The number of hydrogen-bond acceptors (Lipinski definition) is 5. The van der Waals surface area contributed by atoms with E-state index in [9.17, 15) is 9.90 Å². The lowest BCUT2D eigenvalue weighted by Crippen LogP contribution is -2.48. The Labute approximate surface area is 77.7 Å². The molecule has 0 amide bonds. The van der Waals surface area contributed by atoms with Crippen LogP contribution in [0.3, 0.4) is 0 Å². The van der Waals surface area contributed by atoms with Crippen LogP contribution in [0, 0.1) is 0 Å². The van der Waals surface area contributed by atoms with Crippen LogP contribution in [-0.4, -0.2) is 48.1 Å². The Balaban J connectivity index is 3.95. The van der Waals surface area contributed by atoms with Crippen molar-refractivity contribution < 1.29 is 19.7 Å². The van der Waals surface area contributed by atoms with Gasteiger partial charge in [-0.15, -0.1) is 0 Å². The highest BCUT2D eigenvalue weighted by molar-refractivity contribution is 5.78. The van der Waals surface area contributed by atoms with Crippen LogP contribution in [-0.2, 0) is 9.53 Å². The van der Waals surface area contributed by atoms with Gasteiger partial charge in [-0.05, 0) is 13.8 Å². The van der Waals surface area contributed by atoms with Gasteiger partial charge < -0.3 is 20.3 Å². The lowest BCUT2D eigenvalue weighted by molar-refractivity contribution is -0.160. The average Bonchev–Trinajstić information content (AvgIpc) is 2.12. The number of rotatable bonds is 5. The Kier molecular flexibility index (Phi) is 4.90. The van der Waals surface area contributed by atoms with Crippen LogP contribution < -0.4 is 5.32 Å². The molecule has 78 valence electrons. The molecule has 0 rings (SSSR count). The summed E-state index contributed by atoms with van der Waals surface area (Å²) in [5.41, 5.74) is -1.54. The topological polar surface area (TPSA) is 78.8 Å². The maximum Gasteiger partial charge on any atom is 0.338 e. The molecule has 0 radical (unpaired) electrons. The number of ether oxygens (including phenoxy) is 1. The number of aliphatic hydroxyl groups is 2. The number of carbonyl (C=O) groups excluding carboxylic acids is 1. The number of carbonyl (C=O) groups is 1. The average molecular weight is 191 g/mol. The molecule has 0 saturated carbocycles. The van der Waals surface area contributed by atoms with Crippen molar-refractivity contribution in [3.05, 3.63) is 0 Å². The summed E-state index contributed by atoms with van der Waals surface area (Å²) in [6.45, 7) is 3.11. The quantitative estimate of drug-likeness (QED) is 0.480. The molecule has 5 heteroatoms. The molecule has 0 heterocycles. The fraction of sp³-hybridized carbons (Fsp3) is 0.875. The normalized spacial score (nSPS) is 17.6. The van der Waals surface area contributed by atoms with E-state index in [1.165, 1.54) is 14.0 Å². The molecule has 0 aliphatic rings. The van der Waals surface area contributed by atoms with Gasteiger partial charge >= 0.3 is 5.97 Å². The van der Waals surface area contributed by atoms with E-state index in [0.29, 0.717) is 0 Å². The van der Waals surface area contributed by atoms with Crippen molar-refractivity contribution >= 4 is 5.97 Å². The Morgan fingerprint density at radius 2 is 2.23 bits per heavy atom. The van der Waals surface area contributed by atoms with Gasteiger partial charge in [0, 0.05) is 12.6 Å². The van der Waals surface area contributed by atoms with E-state index < -0.39 is 11.6 Å². The maximum absolute atomic E-state index is 11.0. The van der Waals surface area contributed by atoms with Crippen LogP contribution in [0.15, 0.2) is 0 Å². The third-order valence-electron chi connectivity index (χ3n) is 1.69. The summed E-state index contributed by atoms with van der Waals surface area (Å²) in [6, 6.07) is -0.156. The molecule has 2 unspecified atom stereocenters. The number of esters is 1. The first kappa shape index (κ1) is 12.3. The third kappa shape index (κ3) is 4.21. The van der Waals surface area contributed by atoms with Gasteiger partial charge in [0.2, 0.25) is 0 Å². The number of nitrogens with one attached hydrogen (secondary N) is 1. The molecule has 0 aliphatic carbocycles. The van der Waals surface area contributed by atoms with E-state index in [4.69, 9.17) is 5.11 Å². The zero-order valence-corrected chi connectivity index (χ0v) is 8.20.